The summed E-state index contributed by atoms with van der Waals surface area (Å²) >= 11 is 5.72. The molecule has 0 fully saturated rings. The van der Waals surface area contributed by atoms with Gasteiger partial charge in [-0.25, -0.2) is 4.39 Å². The van der Waals surface area contributed by atoms with Gasteiger partial charge in [0, 0.05) is 10.5 Å². The van der Waals surface area contributed by atoms with E-state index in [1.807, 2.05) is 0 Å². The van der Waals surface area contributed by atoms with E-state index in [0.29, 0.717) is 0 Å². The van der Waals surface area contributed by atoms with Gasteiger partial charge in [0.15, 0.2) is 0 Å². The lowest BCUT2D eigenvalue weighted by atomic mass is 10.2. The van der Waals surface area contributed by atoms with Crippen LogP contribution in [-0.4, -0.2) is 10.9 Å². The second kappa shape index (κ2) is 4.91. The molecule has 0 spiro atoms. The van der Waals surface area contributed by atoms with E-state index in [0.717, 1.165) is 6.07 Å². The lowest BCUT2D eigenvalue weighted by Gasteiger charge is -2.08. The summed E-state index contributed by atoms with van der Waals surface area (Å²) in [5, 5.41) is 8.52. The van der Waals surface area contributed by atoms with Crippen molar-refractivity contribution in [2.75, 3.05) is 0 Å². The molecule has 0 aliphatic rings. The Hall–Kier alpha value is -0.390. The monoisotopic (exact) mass is 242 g/mol. The van der Waals surface area contributed by atoms with Gasteiger partial charge in [0.2, 0.25) is 0 Å². The van der Waals surface area contributed by atoms with Crippen molar-refractivity contribution in [1.82, 2.24) is 0 Å². The summed E-state index contributed by atoms with van der Waals surface area (Å²) in [6, 6.07) is 2.16. The molecule has 0 amide bonds. The number of hydrogen-bond acceptors (Lipinski definition) is 2. The fourth-order valence-corrected chi connectivity index (χ4v) is 1.86. The molecular weight excluding hydrogens is 237 g/mol. The summed E-state index contributed by atoms with van der Waals surface area (Å²) in [4.78, 5) is 0.0916. The highest BCUT2D eigenvalue weighted by Gasteiger charge is 2.14. The van der Waals surface area contributed by atoms with Gasteiger partial charge in [-0.3, -0.25) is 0 Å². The molecule has 78 valence electrons. The van der Waals surface area contributed by atoms with E-state index in [9.17, 15) is 13.2 Å². The summed E-state index contributed by atoms with van der Waals surface area (Å²) in [6.07, 6.45) is 0. The highest BCUT2D eigenvalue weighted by Crippen LogP contribution is 2.33. The maximum atomic E-state index is 12.8. The summed E-state index contributed by atoms with van der Waals surface area (Å²) in [7, 11) is 0. The van der Waals surface area contributed by atoms with Crippen molar-refractivity contribution in [1.29, 1.82) is 0 Å². The molecule has 1 rings (SSSR count). The lowest BCUT2D eigenvalue weighted by molar-refractivity contribution is 0.251. The minimum Gasteiger partial charge on any atom is -0.392 e. The van der Waals surface area contributed by atoms with Gasteiger partial charge in [-0.15, -0.1) is 0 Å². The predicted molar refractivity (Wildman–Crippen MR) is 49.2 cm³/mol. The molecule has 0 aliphatic heterocycles. The van der Waals surface area contributed by atoms with Crippen LogP contribution in [0.3, 0.4) is 0 Å². The second-order valence-corrected chi connectivity index (χ2v) is 3.78. The predicted octanol–water partition coefficient (Wildman–Crippen LogP) is 3.29. The van der Waals surface area contributed by atoms with Crippen molar-refractivity contribution in [3.63, 3.8) is 0 Å². The molecule has 14 heavy (non-hydrogen) atoms. The Bertz CT molecular complexity index is 333. The van der Waals surface area contributed by atoms with Crippen LogP contribution in [0.15, 0.2) is 17.0 Å². The molecule has 1 aromatic carbocycles. The molecule has 0 radical (unpaired) electrons. The zero-order valence-electron chi connectivity index (χ0n) is 6.81. The number of aliphatic hydroxyl groups excluding tert-OH is 1. The molecule has 1 nitrogen and oxygen atoms in total. The van der Waals surface area contributed by atoms with Crippen LogP contribution in [0, 0.1) is 5.82 Å². The van der Waals surface area contributed by atoms with Crippen molar-refractivity contribution >= 4 is 23.4 Å². The molecule has 0 saturated heterocycles. The van der Waals surface area contributed by atoms with Gasteiger partial charge < -0.3 is 5.11 Å². The summed E-state index contributed by atoms with van der Waals surface area (Å²) in [5.41, 5.74) is -0.00281. The zero-order valence-corrected chi connectivity index (χ0v) is 8.38. The third kappa shape index (κ3) is 2.56. The van der Waals surface area contributed by atoms with E-state index in [4.69, 9.17) is 16.7 Å². The summed E-state index contributed by atoms with van der Waals surface area (Å²) in [5.74, 6) is -3.35. The first kappa shape index (κ1) is 11.7. The van der Waals surface area contributed by atoms with Crippen LogP contribution >= 0.6 is 23.4 Å². The number of thioether (sulfide) groups is 1. The zero-order chi connectivity index (χ0) is 10.7. The first-order valence-electron chi connectivity index (χ1n) is 3.58. The van der Waals surface area contributed by atoms with Crippen molar-refractivity contribution in [3.8, 4) is 0 Å². The minimum atomic E-state index is -2.62. The van der Waals surface area contributed by atoms with Crippen LogP contribution in [0.1, 0.15) is 5.56 Å². The first-order chi connectivity index (χ1) is 6.56. The van der Waals surface area contributed by atoms with E-state index in [2.05, 4.69) is 0 Å². The molecule has 0 saturated carbocycles. The quantitative estimate of drug-likeness (QED) is 0.821. The number of alkyl halides is 2. The van der Waals surface area contributed by atoms with Crippen LogP contribution in [0.4, 0.5) is 13.2 Å². The first-order valence-corrected chi connectivity index (χ1v) is 4.84. The summed E-state index contributed by atoms with van der Waals surface area (Å²) in [6.45, 7) is -0.564. The van der Waals surface area contributed by atoms with Crippen molar-refractivity contribution in [3.05, 3.63) is 28.5 Å². The number of hydrogen-bond donors (Lipinski definition) is 1. The number of halogens is 4. The van der Waals surface area contributed by atoms with Crippen LogP contribution in [0.5, 0.6) is 0 Å². The Labute approximate surface area is 87.9 Å². The van der Waals surface area contributed by atoms with E-state index in [1.54, 1.807) is 0 Å². The number of benzene rings is 1. The second-order valence-electron chi connectivity index (χ2n) is 2.37. The SMILES string of the molecule is OCc1c(SC(F)F)ccc(F)c1Cl. The topological polar surface area (TPSA) is 20.2 Å². The van der Waals surface area contributed by atoms with E-state index < -0.39 is 18.2 Å². The molecular formula is C8H6ClF3OS. The largest absolute Gasteiger partial charge is 0.392 e. The van der Waals surface area contributed by atoms with Crippen molar-refractivity contribution < 1.29 is 18.3 Å². The van der Waals surface area contributed by atoms with Gasteiger partial charge in [0.25, 0.3) is 5.76 Å². The lowest BCUT2D eigenvalue weighted by Crippen LogP contribution is -1.94. The van der Waals surface area contributed by atoms with Gasteiger partial charge in [0.05, 0.1) is 11.6 Å². The highest BCUT2D eigenvalue weighted by molar-refractivity contribution is 7.99. The van der Waals surface area contributed by atoms with E-state index >= 15 is 0 Å². The van der Waals surface area contributed by atoms with Crippen molar-refractivity contribution in [2.24, 2.45) is 0 Å². The number of aliphatic hydroxyl groups is 1. The molecule has 0 aliphatic carbocycles. The average molecular weight is 243 g/mol. The van der Waals surface area contributed by atoms with Gasteiger partial charge in [-0.05, 0) is 12.1 Å². The fraction of sp³-hybridized carbons (Fsp3) is 0.250. The normalized spacial score (nSPS) is 11.0. The van der Waals surface area contributed by atoms with Gasteiger partial charge in [-0.2, -0.15) is 8.78 Å². The third-order valence-electron chi connectivity index (χ3n) is 1.53. The van der Waals surface area contributed by atoms with Gasteiger partial charge in [-0.1, -0.05) is 23.4 Å². The Morgan fingerprint density at radius 1 is 1.43 bits per heavy atom. The molecule has 0 heterocycles. The third-order valence-corrected chi connectivity index (χ3v) is 2.75. The van der Waals surface area contributed by atoms with Crippen LogP contribution in [0.2, 0.25) is 5.02 Å². The van der Waals surface area contributed by atoms with Gasteiger partial charge >= 0.3 is 0 Å². The molecule has 1 N–H and O–H groups in total. The Morgan fingerprint density at radius 2 is 2.07 bits per heavy atom. The molecule has 1 aromatic rings. The minimum absolute atomic E-state index is 0.00281. The van der Waals surface area contributed by atoms with Crippen LogP contribution in [-0.2, 0) is 6.61 Å². The maximum Gasteiger partial charge on any atom is 0.288 e. The molecule has 0 aromatic heterocycles. The Morgan fingerprint density at radius 3 is 2.57 bits per heavy atom. The fourth-order valence-electron chi connectivity index (χ4n) is 0.929. The Balaban J connectivity index is 3.10. The van der Waals surface area contributed by atoms with Gasteiger partial charge in [0.1, 0.15) is 5.82 Å². The standard InChI is InChI=1S/C8H6ClF3OS/c9-7-4(3-13)6(14-8(11)12)2-1-5(7)10/h1-2,8,13H,3H2. The highest BCUT2D eigenvalue weighted by atomic mass is 35.5. The molecule has 6 heteroatoms. The summed E-state index contributed by atoms with van der Waals surface area (Å²) < 4.78 is 36.9. The van der Waals surface area contributed by atoms with E-state index in [-0.39, 0.29) is 27.2 Å². The van der Waals surface area contributed by atoms with Crippen LogP contribution in [0.25, 0.3) is 0 Å². The molecule has 0 atom stereocenters. The Kier molecular flexibility index (Phi) is 4.10. The number of rotatable bonds is 3. The van der Waals surface area contributed by atoms with E-state index in [1.165, 1.54) is 6.07 Å². The van der Waals surface area contributed by atoms with Crippen molar-refractivity contribution in [2.45, 2.75) is 17.3 Å². The average Bonchev–Trinajstić information content (AvgIpc) is 2.11. The smallest absolute Gasteiger partial charge is 0.288 e. The molecule has 0 bridgehead atoms. The van der Waals surface area contributed by atoms with Crippen LogP contribution < -0.4 is 0 Å². The molecule has 0 unspecified atom stereocenters. The maximum absolute atomic E-state index is 12.8.